The molecule has 192 valence electrons. The lowest BCUT2D eigenvalue weighted by Crippen LogP contribution is -2.26. The maximum Gasteiger partial charge on any atom is 0.264 e. The molecule has 0 atom stereocenters. The van der Waals surface area contributed by atoms with E-state index in [0.717, 1.165) is 36.1 Å². The van der Waals surface area contributed by atoms with E-state index in [1.807, 2.05) is 13.0 Å². The zero-order valence-electron chi connectivity index (χ0n) is 19.5. The summed E-state index contributed by atoms with van der Waals surface area (Å²) < 4.78 is 67.1. The molecule has 2 aromatic carbocycles. The highest BCUT2D eigenvalue weighted by atomic mass is 35.5. The van der Waals surface area contributed by atoms with Gasteiger partial charge in [0.05, 0.1) is 18.9 Å². The number of benzene rings is 2. The monoisotopic (exact) mass is 546 g/mol. The van der Waals surface area contributed by atoms with Crippen LogP contribution in [0.5, 0.6) is 5.75 Å². The van der Waals surface area contributed by atoms with Crippen molar-refractivity contribution < 1.29 is 26.7 Å². The number of sulfonamides is 1. The first-order chi connectivity index (χ1) is 17.7. The molecule has 0 radical (unpaired) electrons. The number of nitrogens with zero attached hydrogens (tertiary/aromatic N) is 3. The van der Waals surface area contributed by atoms with Crippen LogP contribution in [0, 0.1) is 18.6 Å². The van der Waals surface area contributed by atoms with Gasteiger partial charge in [-0.05, 0) is 42.8 Å². The highest BCUT2D eigenvalue weighted by Gasteiger charge is 2.23. The van der Waals surface area contributed by atoms with E-state index in [-0.39, 0.29) is 16.9 Å². The molecule has 4 aromatic rings. The van der Waals surface area contributed by atoms with Gasteiger partial charge in [-0.1, -0.05) is 11.6 Å². The van der Waals surface area contributed by atoms with Crippen molar-refractivity contribution in [2.75, 3.05) is 17.9 Å². The van der Waals surface area contributed by atoms with E-state index in [1.54, 1.807) is 6.07 Å². The SMILES string of the molecule is Cc1ncnc2c(OC3CCOCC3)cc(-c3cnc(Cl)c(NS(=O)(=O)c4ccc(F)cc4F)c3)cc12. The van der Waals surface area contributed by atoms with Gasteiger partial charge >= 0.3 is 0 Å². The Morgan fingerprint density at radius 1 is 1.05 bits per heavy atom. The first-order valence-electron chi connectivity index (χ1n) is 11.3. The van der Waals surface area contributed by atoms with Crippen LogP contribution < -0.4 is 9.46 Å². The summed E-state index contributed by atoms with van der Waals surface area (Å²) >= 11 is 6.17. The van der Waals surface area contributed by atoms with Gasteiger partial charge in [0.15, 0.2) is 5.15 Å². The van der Waals surface area contributed by atoms with Crippen molar-refractivity contribution in [3.8, 4) is 16.9 Å². The number of anilines is 1. The van der Waals surface area contributed by atoms with Crippen LogP contribution in [-0.2, 0) is 14.8 Å². The van der Waals surface area contributed by atoms with Crippen LogP contribution in [0.4, 0.5) is 14.5 Å². The second-order valence-corrected chi connectivity index (χ2v) is 10.5. The summed E-state index contributed by atoms with van der Waals surface area (Å²) in [5.74, 6) is -1.57. The van der Waals surface area contributed by atoms with Crippen molar-refractivity contribution in [2.24, 2.45) is 0 Å². The molecule has 8 nitrogen and oxygen atoms in total. The Balaban J connectivity index is 1.55. The molecule has 0 unspecified atom stereocenters. The standard InChI is InChI=1S/C25H21ClF2N4O4S/c1-14-19-8-15(10-22(24(19)31-13-30-14)36-18-4-6-35-7-5-18)16-9-21(25(26)29-12-16)32-37(33,34)23-3-2-17(27)11-20(23)28/h2-3,8-13,18,32H,4-7H2,1H3. The molecule has 37 heavy (non-hydrogen) atoms. The van der Waals surface area contributed by atoms with Gasteiger partial charge < -0.3 is 9.47 Å². The zero-order valence-corrected chi connectivity index (χ0v) is 21.1. The molecule has 0 aliphatic carbocycles. The minimum absolute atomic E-state index is 0.0428. The van der Waals surface area contributed by atoms with Crippen LogP contribution in [0.1, 0.15) is 18.5 Å². The number of ether oxygens (including phenoxy) is 2. The van der Waals surface area contributed by atoms with Crippen LogP contribution in [0.15, 0.2) is 53.8 Å². The lowest BCUT2D eigenvalue weighted by atomic mass is 10.0. The van der Waals surface area contributed by atoms with Crippen molar-refractivity contribution in [2.45, 2.75) is 30.8 Å². The second kappa shape index (κ2) is 10.2. The number of aromatic nitrogens is 3. The fourth-order valence-electron chi connectivity index (χ4n) is 4.06. The zero-order chi connectivity index (χ0) is 26.2. The van der Waals surface area contributed by atoms with Gasteiger partial charge in [0.1, 0.15) is 40.2 Å². The molecule has 0 spiro atoms. The molecule has 3 heterocycles. The minimum Gasteiger partial charge on any atom is -0.488 e. The van der Waals surface area contributed by atoms with Gasteiger partial charge in [-0.3, -0.25) is 4.72 Å². The molecule has 1 aliphatic heterocycles. The summed E-state index contributed by atoms with van der Waals surface area (Å²) in [5.41, 5.74) is 2.49. The van der Waals surface area contributed by atoms with E-state index in [2.05, 4.69) is 19.7 Å². The van der Waals surface area contributed by atoms with E-state index in [9.17, 15) is 17.2 Å². The molecular formula is C25H21ClF2N4O4S. The van der Waals surface area contributed by atoms with Gasteiger partial charge in [0.25, 0.3) is 10.0 Å². The van der Waals surface area contributed by atoms with Crippen LogP contribution in [0.25, 0.3) is 22.0 Å². The first-order valence-corrected chi connectivity index (χ1v) is 13.2. The lowest BCUT2D eigenvalue weighted by Gasteiger charge is -2.24. The molecule has 12 heteroatoms. The van der Waals surface area contributed by atoms with Crippen molar-refractivity contribution in [1.29, 1.82) is 0 Å². The van der Waals surface area contributed by atoms with Gasteiger partial charge in [0, 0.05) is 41.7 Å². The lowest BCUT2D eigenvalue weighted by molar-refractivity contribution is 0.0261. The molecule has 1 fully saturated rings. The van der Waals surface area contributed by atoms with Crippen molar-refractivity contribution in [3.05, 3.63) is 71.4 Å². The van der Waals surface area contributed by atoms with Gasteiger partial charge in [0.2, 0.25) is 0 Å². The van der Waals surface area contributed by atoms with Crippen LogP contribution >= 0.6 is 11.6 Å². The fourth-order valence-corrected chi connectivity index (χ4v) is 5.38. The predicted molar refractivity (Wildman–Crippen MR) is 134 cm³/mol. The normalized spacial score (nSPS) is 14.6. The smallest absolute Gasteiger partial charge is 0.264 e. The molecule has 5 rings (SSSR count). The van der Waals surface area contributed by atoms with Gasteiger partial charge in [-0.25, -0.2) is 32.2 Å². The number of fused-ring (bicyclic) bond motifs is 1. The number of hydrogen-bond acceptors (Lipinski definition) is 7. The molecule has 1 N–H and O–H groups in total. The Labute approximate surface area is 216 Å². The molecule has 1 saturated heterocycles. The number of pyridine rings is 1. The molecule has 2 aromatic heterocycles. The van der Waals surface area contributed by atoms with Crippen molar-refractivity contribution >= 4 is 38.2 Å². The number of rotatable bonds is 6. The Kier molecular flexibility index (Phi) is 6.93. The second-order valence-electron chi connectivity index (χ2n) is 8.50. The maximum absolute atomic E-state index is 14.2. The average molecular weight is 547 g/mol. The molecular weight excluding hydrogens is 526 g/mol. The van der Waals surface area contributed by atoms with Crippen molar-refractivity contribution in [3.63, 3.8) is 0 Å². The summed E-state index contributed by atoms with van der Waals surface area (Å²) in [5, 5.41) is 0.612. The summed E-state index contributed by atoms with van der Waals surface area (Å²) in [6.45, 7) is 3.06. The van der Waals surface area contributed by atoms with Gasteiger partial charge in [-0.15, -0.1) is 0 Å². The quantitative estimate of drug-likeness (QED) is 0.328. The number of aryl methyl sites for hydroxylation is 1. The maximum atomic E-state index is 14.2. The molecule has 1 aliphatic rings. The third-order valence-corrected chi connectivity index (χ3v) is 7.67. The van der Waals surface area contributed by atoms with E-state index in [0.29, 0.717) is 41.7 Å². The van der Waals surface area contributed by atoms with Crippen LogP contribution in [0.3, 0.4) is 0 Å². The summed E-state index contributed by atoms with van der Waals surface area (Å²) in [4.78, 5) is 12.1. The fraction of sp³-hybridized carbons (Fsp3) is 0.240. The summed E-state index contributed by atoms with van der Waals surface area (Å²) in [6, 6.07) is 7.31. The Morgan fingerprint density at radius 3 is 2.59 bits per heavy atom. The topological polar surface area (TPSA) is 103 Å². The molecule has 0 bridgehead atoms. The Morgan fingerprint density at radius 2 is 1.84 bits per heavy atom. The van der Waals surface area contributed by atoms with E-state index in [1.165, 1.54) is 18.6 Å². The minimum atomic E-state index is -4.42. The van der Waals surface area contributed by atoms with E-state index >= 15 is 0 Å². The number of hydrogen-bond donors (Lipinski definition) is 1. The van der Waals surface area contributed by atoms with Crippen LogP contribution in [0.2, 0.25) is 5.15 Å². The number of halogens is 3. The highest BCUT2D eigenvalue weighted by Crippen LogP contribution is 2.36. The Bertz CT molecular complexity index is 1600. The van der Waals surface area contributed by atoms with Crippen molar-refractivity contribution in [1.82, 2.24) is 15.0 Å². The van der Waals surface area contributed by atoms with Crippen LogP contribution in [-0.4, -0.2) is 42.7 Å². The highest BCUT2D eigenvalue weighted by molar-refractivity contribution is 7.92. The first kappa shape index (κ1) is 25.2. The summed E-state index contributed by atoms with van der Waals surface area (Å²) in [6.07, 6.45) is 4.39. The number of nitrogens with one attached hydrogen (secondary N) is 1. The third kappa shape index (κ3) is 5.34. The Hall–Kier alpha value is -3.41. The summed E-state index contributed by atoms with van der Waals surface area (Å²) in [7, 11) is -4.42. The van der Waals surface area contributed by atoms with E-state index in [4.69, 9.17) is 21.1 Å². The van der Waals surface area contributed by atoms with E-state index < -0.39 is 26.6 Å². The average Bonchev–Trinajstić information content (AvgIpc) is 2.86. The predicted octanol–water partition coefficient (Wildman–Crippen LogP) is 5.29. The van der Waals surface area contributed by atoms with Gasteiger partial charge in [-0.2, -0.15) is 0 Å². The molecule has 0 saturated carbocycles. The third-order valence-electron chi connectivity index (χ3n) is 5.97. The molecule has 0 amide bonds. The largest absolute Gasteiger partial charge is 0.488 e.